The van der Waals surface area contributed by atoms with Gasteiger partial charge in [0.1, 0.15) is 0 Å². The Kier molecular flexibility index (Phi) is 6.81. The van der Waals surface area contributed by atoms with E-state index >= 15 is 0 Å². The second kappa shape index (κ2) is 8.62. The van der Waals surface area contributed by atoms with Crippen molar-refractivity contribution in [3.05, 3.63) is 28.8 Å². The van der Waals surface area contributed by atoms with Crippen LogP contribution >= 0.6 is 11.6 Å². The molecule has 21 heavy (non-hydrogen) atoms. The van der Waals surface area contributed by atoms with Gasteiger partial charge < -0.3 is 15.0 Å². The first-order chi connectivity index (χ1) is 10.2. The van der Waals surface area contributed by atoms with Gasteiger partial charge in [0.05, 0.1) is 0 Å². The third-order valence-corrected chi connectivity index (χ3v) is 4.44. The fourth-order valence-electron chi connectivity index (χ4n) is 2.74. The van der Waals surface area contributed by atoms with E-state index in [2.05, 4.69) is 42.4 Å². The fraction of sp³-hybridized carbons (Fsp3) is 0.647. The number of halogens is 1. The average molecular weight is 311 g/mol. The molecule has 0 saturated carbocycles. The van der Waals surface area contributed by atoms with Gasteiger partial charge in [-0.25, -0.2) is 0 Å². The molecule has 0 spiro atoms. The van der Waals surface area contributed by atoms with Crippen LogP contribution in [0.5, 0.6) is 0 Å². The summed E-state index contributed by atoms with van der Waals surface area (Å²) >= 11 is 6.41. The van der Waals surface area contributed by atoms with Gasteiger partial charge in [0.15, 0.2) is 0 Å². The van der Waals surface area contributed by atoms with Gasteiger partial charge in [-0.3, -0.25) is 0 Å². The van der Waals surface area contributed by atoms with Crippen molar-refractivity contribution in [2.45, 2.75) is 32.7 Å². The van der Waals surface area contributed by atoms with Crippen LogP contribution in [0.15, 0.2) is 18.2 Å². The van der Waals surface area contributed by atoms with Gasteiger partial charge >= 0.3 is 0 Å². The van der Waals surface area contributed by atoms with Gasteiger partial charge in [0.25, 0.3) is 0 Å². The largest absolute Gasteiger partial charge is 0.381 e. The van der Waals surface area contributed by atoms with Crippen molar-refractivity contribution in [1.29, 1.82) is 0 Å². The first-order valence-electron chi connectivity index (χ1n) is 7.98. The average Bonchev–Trinajstić information content (AvgIpc) is 2.50. The Hall–Kier alpha value is -0.770. The zero-order valence-electron chi connectivity index (χ0n) is 13.2. The molecule has 1 aliphatic heterocycles. The van der Waals surface area contributed by atoms with Gasteiger partial charge in [0, 0.05) is 44.1 Å². The van der Waals surface area contributed by atoms with Crippen LogP contribution in [0.25, 0.3) is 0 Å². The maximum atomic E-state index is 6.41. The minimum Gasteiger partial charge on any atom is -0.381 e. The number of nitrogens with one attached hydrogen (secondary N) is 1. The monoisotopic (exact) mass is 310 g/mol. The second-order valence-electron chi connectivity index (χ2n) is 5.89. The van der Waals surface area contributed by atoms with Crippen molar-refractivity contribution in [2.24, 2.45) is 5.92 Å². The Morgan fingerprint density at radius 3 is 2.76 bits per heavy atom. The van der Waals surface area contributed by atoms with Crippen LogP contribution in [0.4, 0.5) is 5.69 Å². The van der Waals surface area contributed by atoms with Crippen LogP contribution < -0.4 is 10.2 Å². The molecule has 0 amide bonds. The summed E-state index contributed by atoms with van der Waals surface area (Å²) in [6.07, 6.45) is 3.47. The molecule has 1 aliphatic rings. The second-order valence-corrected chi connectivity index (χ2v) is 6.30. The molecule has 1 aromatic rings. The van der Waals surface area contributed by atoms with Gasteiger partial charge in [0.2, 0.25) is 0 Å². The van der Waals surface area contributed by atoms with Crippen molar-refractivity contribution in [2.75, 3.05) is 38.3 Å². The Labute approximate surface area is 133 Å². The van der Waals surface area contributed by atoms with E-state index in [9.17, 15) is 0 Å². The molecule has 0 unspecified atom stereocenters. The summed E-state index contributed by atoms with van der Waals surface area (Å²) in [6.45, 7) is 6.93. The summed E-state index contributed by atoms with van der Waals surface area (Å²) < 4.78 is 5.42. The highest BCUT2D eigenvalue weighted by atomic mass is 35.5. The molecular weight excluding hydrogens is 284 g/mol. The summed E-state index contributed by atoms with van der Waals surface area (Å²) in [7, 11) is 2.15. The molecule has 1 heterocycles. The lowest BCUT2D eigenvalue weighted by atomic mass is 9.99. The van der Waals surface area contributed by atoms with E-state index in [-0.39, 0.29) is 0 Å². The SMILES string of the molecule is CCCNCc1ccc(N(C)CC2CCOCC2)cc1Cl. The van der Waals surface area contributed by atoms with E-state index in [1.54, 1.807) is 0 Å². The lowest BCUT2D eigenvalue weighted by Gasteiger charge is -2.28. The predicted octanol–water partition coefficient (Wildman–Crippen LogP) is 3.70. The summed E-state index contributed by atoms with van der Waals surface area (Å²) in [5.41, 5.74) is 2.37. The number of hydrogen-bond acceptors (Lipinski definition) is 3. The number of anilines is 1. The summed E-state index contributed by atoms with van der Waals surface area (Å²) in [5.74, 6) is 0.730. The van der Waals surface area contributed by atoms with E-state index < -0.39 is 0 Å². The van der Waals surface area contributed by atoms with E-state index in [0.717, 1.165) is 63.1 Å². The highest BCUT2D eigenvalue weighted by Gasteiger charge is 2.16. The molecule has 1 N–H and O–H groups in total. The third kappa shape index (κ3) is 5.17. The number of benzene rings is 1. The number of rotatable bonds is 7. The van der Waals surface area contributed by atoms with Crippen molar-refractivity contribution in [3.63, 3.8) is 0 Å². The van der Waals surface area contributed by atoms with E-state index in [1.807, 2.05) is 0 Å². The smallest absolute Gasteiger partial charge is 0.0471 e. The molecule has 1 aromatic carbocycles. The molecule has 1 saturated heterocycles. The Bertz CT molecular complexity index is 433. The third-order valence-electron chi connectivity index (χ3n) is 4.09. The maximum absolute atomic E-state index is 6.41. The van der Waals surface area contributed by atoms with Gasteiger partial charge in [-0.05, 0) is 49.4 Å². The van der Waals surface area contributed by atoms with Crippen molar-refractivity contribution < 1.29 is 4.74 Å². The number of hydrogen-bond donors (Lipinski definition) is 1. The van der Waals surface area contributed by atoms with E-state index in [4.69, 9.17) is 16.3 Å². The molecule has 2 rings (SSSR count). The fourth-order valence-corrected chi connectivity index (χ4v) is 2.98. The first kappa shape index (κ1) is 16.6. The lowest BCUT2D eigenvalue weighted by Crippen LogP contribution is -2.29. The molecule has 0 aliphatic carbocycles. The molecule has 0 bridgehead atoms. The van der Waals surface area contributed by atoms with Crippen LogP contribution in [0.2, 0.25) is 5.02 Å². The zero-order valence-corrected chi connectivity index (χ0v) is 14.0. The van der Waals surface area contributed by atoms with Crippen molar-refractivity contribution in [3.8, 4) is 0 Å². The molecule has 1 fully saturated rings. The normalized spacial score (nSPS) is 16.1. The van der Waals surface area contributed by atoms with E-state index in [1.165, 1.54) is 11.3 Å². The Morgan fingerprint density at radius 2 is 2.10 bits per heavy atom. The molecule has 118 valence electrons. The molecule has 0 aromatic heterocycles. The quantitative estimate of drug-likeness (QED) is 0.777. The van der Waals surface area contributed by atoms with Crippen LogP contribution in [0.3, 0.4) is 0 Å². The molecular formula is C17H27ClN2O. The minimum absolute atomic E-state index is 0.730. The molecule has 0 radical (unpaired) electrons. The topological polar surface area (TPSA) is 24.5 Å². The van der Waals surface area contributed by atoms with Crippen LogP contribution in [-0.4, -0.2) is 33.4 Å². The van der Waals surface area contributed by atoms with Crippen LogP contribution in [0.1, 0.15) is 31.7 Å². The number of ether oxygens (including phenoxy) is 1. The Balaban J connectivity index is 1.91. The summed E-state index contributed by atoms with van der Waals surface area (Å²) in [6, 6.07) is 6.40. The summed E-state index contributed by atoms with van der Waals surface area (Å²) in [4.78, 5) is 2.31. The zero-order chi connectivity index (χ0) is 15.1. The van der Waals surface area contributed by atoms with Crippen molar-refractivity contribution >= 4 is 17.3 Å². The van der Waals surface area contributed by atoms with Gasteiger partial charge in [-0.1, -0.05) is 24.6 Å². The standard InChI is InChI=1S/C17H27ClN2O/c1-3-8-19-12-15-4-5-16(11-17(15)18)20(2)13-14-6-9-21-10-7-14/h4-5,11,14,19H,3,6-10,12-13H2,1-2H3. The van der Waals surface area contributed by atoms with Gasteiger partial charge in [-0.2, -0.15) is 0 Å². The lowest BCUT2D eigenvalue weighted by molar-refractivity contribution is 0.0685. The number of nitrogens with zero attached hydrogens (tertiary/aromatic N) is 1. The van der Waals surface area contributed by atoms with Crippen molar-refractivity contribution in [1.82, 2.24) is 5.32 Å². The van der Waals surface area contributed by atoms with E-state index in [0.29, 0.717) is 0 Å². The summed E-state index contributed by atoms with van der Waals surface area (Å²) in [5, 5.41) is 4.25. The van der Waals surface area contributed by atoms with Gasteiger partial charge in [-0.15, -0.1) is 0 Å². The minimum atomic E-state index is 0.730. The molecule has 4 heteroatoms. The highest BCUT2D eigenvalue weighted by molar-refractivity contribution is 6.31. The molecule has 0 atom stereocenters. The predicted molar refractivity (Wildman–Crippen MR) is 90.3 cm³/mol. The highest BCUT2D eigenvalue weighted by Crippen LogP contribution is 2.25. The first-order valence-corrected chi connectivity index (χ1v) is 8.36. The molecule has 3 nitrogen and oxygen atoms in total. The van der Waals surface area contributed by atoms with Crippen LogP contribution in [-0.2, 0) is 11.3 Å². The maximum Gasteiger partial charge on any atom is 0.0471 e. The van der Waals surface area contributed by atoms with Crippen LogP contribution in [0, 0.1) is 5.92 Å². The Morgan fingerprint density at radius 1 is 1.33 bits per heavy atom.